The van der Waals surface area contributed by atoms with E-state index in [0.717, 1.165) is 12.8 Å². The number of unbranched alkanes of at least 4 members (excludes halogenated alkanes) is 1. The fraction of sp³-hybridized carbons (Fsp3) is 0.882. The van der Waals surface area contributed by atoms with Crippen LogP contribution < -0.4 is 5.32 Å². The number of amides is 1. The number of carbonyl (C=O) groups excluding carboxylic acids is 2. The second-order valence-corrected chi connectivity index (χ2v) is 5.36. The first kappa shape index (κ1) is 23.0. The van der Waals surface area contributed by atoms with E-state index in [4.69, 9.17) is 18.9 Å². The number of nitrogens with one attached hydrogen (secondary N) is 1. The van der Waals surface area contributed by atoms with Gasteiger partial charge in [0.2, 0.25) is 5.91 Å². The summed E-state index contributed by atoms with van der Waals surface area (Å²) in [6.07, 6.45) is 2.98. The summed E-state index contributed by atoms with van der Waals surface area (Å²) in [5, 5.41) is 2.81. The van der Waals surface area contributed by atoms with Crippen LogP contribution in [0.2, 0.25) is 0 Å². The molecule has 7 nitrogen and oxygen atoms in total. The predicted octanol–water partition coefficient (Wildman–Crippen LogP) is 1.34. The summed E-state index contributed by atoms with van der Waals surface area (Å²) >= 11 is 0. The highest BCUT2D eigenvalue weighted by atomic mass is 16.6. The van der Waals surface area contributed by atoms with Gasteiger partial charge in [0.1, 0.15) is 5.78 Å². The summed E-state index contributed by atoms with van der Waals surface area (Å²) in [6.45, 7) is 8.08. The summed E-state index contributed by atoms with van der Waals surface area (Å²) in [5.74, 6) is 0.213. The minimum Gasteiger partial charge on any atom is -0.379 e. The Bertz CT molecular complexity index is 311. The molecule has 0 saturated carbocycles. The van der Waals surface area contributed by atoms with Gasteiger partial charge >= 0.3 is 0 Å². The Kier molecular flexibility index (Phi) is 17.5. The number of carbonyl (C=O) groups is 2. The number of hydrogen-bond acceptors (Lipinski definition) is 6. The molecule has 0 aliphatic carbocycles. The van der Waals surface area contributed by atoms with Gasteiger partial charge in [0.25, 0.3) is 0 Å². The lowest BCUT2D eigenvalue weighted by atomic mass is 10.2. The van der Waals surface area contributed by atoms with Crippen molar-refractivity contribution in [3.63, 3.8) is 0 Å². The smallest absolute Gasteiger partial charge is 0.220 e. The molecule has 0 aromatic heterocycles. The van der Waals surface area contributed by atoms with Crippen molar-refractivity contribution in [3.8, 4) is 0 Å². The zero-order valence-electron chi connectivity index (χ0n) is 15.1. The summed E-state index contributed by atoms with van der Waals surface area (Å²) in [7, 11) is 0. The Morgan fingerprint density at radius 1 is 0.750 bits per heavy atom. The quantitative estimate of drug-likeness (QED) is 0.377. The van der Waals surface area contributed by atoms with Gasteiger partial charge in [-0.3, -0.25) is 9.59 Å². The van der Waals surface area contributed by atoms with Gasteiger partial charge in [-0.05, 0) is 13.3 Å². The standard InChI is InChI=1S/C17H33NO6/c1-3-4-5-17(20)18-7-9-22-11-13-24-15-14-23-12-10-21-8-6-16(2)19/h3-15H2,1-2H3,(H,18,20). The molecule has 1 amide bonds. The molecular formula is C17H33NO6. The van der Waals surface area contributed by atoms with Crippen molar-refractivity contribution in [3.05, 3.63) is 0 Å². The van der Waals surface area contributed by atoms with E-state index in [2.05, 4.69) is 12.2 Å². The molecule has 0 saturated heterocycles. The van der Waals surface area contributed by atoms with E-state index in [1.165, 1.54) is 0 Å². The van der Waals surface area contributed by atoms with Crippen LogP contribution in [-0.2, 0) is 28.5 Å². The molecule has 142 valence electrons. The van der Waals surface area contributed by atoms with Gasteiger partial charge < -0.3 is 24.3 Å². The second-order valence-electron chi connectivity index (χ2n) is 5.36. The fourth-order valence-corrected chi connectivity index (χ4v) is 1.67. The van der Waals surface area contributed by atoms with Crippen molar-refractivity contribution in [1.82, 2.24) is 5.32 Å². The molecule has 0 aromatic rings. The van der Waals surface area contributed by atoms with Crippen molar-refractivity contribution in [2.24, 2.45) is 0 Å². The average molecular weight is 347 g/mol. The Balaban J connectivity index is 3.07. The molecule has 0 aliphatic rings. The lowest BCUT2D eigenvalue weighted by Crippen LogP contribution is -2.27. The molecule has 0 unspecified atom stereocenters. The summed E-state index contributed by atoms with van der Waals surface area (Å²) < 4.78 is 21.3. The molecule has 0 atom stereocenters. The highest BCUT2D eigenvalue weighted by molar-refractivity contribution is 5.75. The van der Waals surface area contributed by atoms with E-state index >= 15 is 0 Å². The molecule has 0 fully saturated rings. The van der Waals surface area contributed by atoms with E-state index < -0.39 is 0 Å². The van der Waals surface area contributed by atoms with Crippen LogP contribution in [0.3, 0.4) is 0 Å². The highest BCUT2D eigenvalue weighted by Crippen LogP contribution is 1.92. The zero-order valence-corrected chi connectivity index (χ0v) is 15.1. The summed E-state index contributed by atoms with van der Waals surface area (Å²) in [4.78, 5) is 22.0. The first-order valence-electron chi connectivity index (χ1n) is 8.74. The van der Waals surface area contributed by atoms with Crippen LogP contribution in [0.15, 0.2) is 0 Å². The monoisotopic (exact) mass is 347 g/mol. The third-order valence-electron chi connectivity index (χ3n) is 3.04. The van der Waals surface area contributed by atoms with Gasteiger partial charge in [0.15, 0.2) is 0 Å². The van der Waals surface area contributed by atoms with Crippen molar-refractivity contribution in [2.45, 2.75) is 39.5 Å². The van der Waals surface area contributed by atoms with Crippen molar-refractivity contribution in [2.75, 3.05) is 59.4 Å². The molecule has 0 heterocycles. The molecule has 7 heteroatoms. The molecule has 0 spiro atoms. The topological polar surface area (TPSA) is 83.1 Å². The third kappa shape index (κ3) is 19.0. The minimum absolute atomic E-state index is 0.0825. The zero-order chi connectivity index (χ0) is 17.9. The largest absolute Gasteiger partial charge is 0.379 e. The van der Waals surface area contributed by atoms with E-state index in [1.54, 1.807) is 6.92 Å². The van der Waals surface area contributed by atoms with Gasteiger partial charge in [-0.15, -0.1) is 0 Å². The van der Waals surface area contributed by atoms with Gasteiger partial charge in [0.05, 0.1) is 52.9 Å². The van der Waals surface area contributed by atoms with E-state index in [-0.39, 0.29) is 11.7 Å². The predicted molar refractivity (Wildman–Crippen MR) is 91.1 cm³/mol. The van der Waals surface area contributed by atoms with Gasteiger partial charge in [-0.25, -0.2) is 0 Å². The van der Waals surface area contributed by atoms with Crippen LogP contribution in [0.1, 0.15) is 39.5 Å². The van der Waals surface area contributed by atoms with Gasteiger partial charge in [-0.1, -0.05) is 13.3 Å². The average Bonchev–Trinajstić information content (AvgIpc) is 2.56. The van der Waals surface area contributed by atoms with Crippen LogP contribution >= 0.6 is 0 Å². The molecule has 0 aromatic carbocycles. The summed E-state index contributed by atoms with van der Waals surface area (Å²) in [6, 6.07) is 0. The van der Waals surface area contributed by atoms with Crippen molar-refractivity contribution in [1.29, 1.82) is 0 Å². The van der Waals surface area contributed by atoms with Crippen LogP contribution in [-0.4, -0.2) is 71.1 Å². The number of hydrogen-bond donors (Lipinski definition) is 1. The lowest BCUT2D eigenvalue weighted by Gasteiger charge is -2.08. The van der Waals surface area contributed by atoms with E-state index in [0.29, 0.717) is 72.2 Å². The van der Waals surface area contributed by atoms with Crippen LogP contribution in [0, 0.1) is 0 Å². The number of rotatable bonds is 18. The molecule has 24 heavy (non-hydrogen) atoms. The minimum atomic E-state index is 0.0825. The normalized spacial score (nSPS) is 10.8. The third-order valence-corrected chi connectivity index (χ3v) is 3.04. The molecule has 0 aliphatic heterocycles. The van der Waals surface area contributed by atoms with Crippen molar-refractivity contribution < 1.29 is 28.5 Å². The maximum Gasteiger partial charge on any atom is 0.220 e. The number of Topliss-reactive ketones (excluding diaryl/α,β-unsaturated/α-hetero) is 1. The maximum atomic E-state index is 11.3. The van der Waals surface area contributed by atoms with Crippen LogP contribution in [0.25, 0.3) is 0 Å². The maximum absolute atomic E-state index is 11.3. The molecule has 0 bridgehead atoms. The Labute approximate surface area is 145 Å². The highest BCUT2D eigenvalue weighted by Gasteiger charge is 1.99. The first-order chi connectivity index (χ1) is 11.7. The lowest BCUT2D eigenvalue weighted by molar-refractivity contribution is -0.121. The van der Waals surface area contributed by atoms with E-state index in [9.17, 15) is 9.59 Å². The molecular weight excluding hydrogens is 314 g/mol. The molecule has 0 rings (SSSR count). The molecule has 1 N–H and O–H groups in total. The van der Waals surface area contributed by atoms with E-state index in [1.807, 2.05) is 0 Å². The first-order valence-corrected chi connectivity index (χ1v) is 8.74. The number of ketones is 1. The van der Waals surface area contributed by atoms with Crippen LogP contribution in [0.5, 0.6) is 0 Å². The Hall–Kier alpha value is -1.02. The van der Waals surface area contributed by atoms with Gasteiger partial charge in [0, 0.05) is 19.4 Å². The molecule has 0 radical (unpaired) electrons. The van der Waals surface area contributed by atoms with Crippen molar-refractivity contribution >= 4 is 11.7 Å². The Morgan fingerprint density at radius 3 is 1.75 bits per heavy atom. The Morgan fingerprint density at radius 2 is 1.25 bits per heavy atom. The SMILES string of the molecule is CCCCC(=O)NCCOCCOCCOCCOCCC(C)=O. The van der Waals surface area contributed by atoms with Gasteiger partial charge in [-0.2, -0.15) is 0 Å². The fourth-order valence-electron chi connectivity index (χ4n) is 1.67. The van der Waals surface area contributed by atoms with Crippen LogP contribution in [0.4, 0.5) is 0 Å². The summed E-state index contributed by atoms with van der Waals surface area (Å²) in [5.41, 5.74) is 0. The number of ether oxygens (including phenoxy) is 4. The second kappa shape index (κ2) is 18.3.